The lowest BCUT2D eigenvalue weighted by atomic mass is 10.0. The van der Waals surface area contributed by atoms with E-state index >= 15 is 0 Å². The van der Waals surface area contributed by atoms with E-state index in [0.717, 1.165) is 5.56 Å². The van der Waals surface area contributed by atoms with Crippen LogP contribution in [0.4, 0.5) is 4.39 Å². The summed E-state index contributed by atoms with van der Waals surface area (Å²) in [4.78, 5) is 0.184. The Balaban J connectivity index is 2.07. The Bertz CT molecular complexity index is 917. The van der Waals surface area contributed by atoms with E-state index in [0.29, 0.717) is 5.56 Å². The van der Waals surface area contributed by atoms with Crippen molar-refractivity contribution in [3.63, 3.8) is 0 Å². The van der Waals surface area contributed by atoms with Crippen LogP contribution >= 0.6 is 0 Å². The minimum absolute atomic E-state index is 0.00129. The van der Waals surface area contributed by atoms with Crippen LogP contribution in [0.3, 0.4) is 0 Å². The van der Waals surface area contributed by atoms with Crippen LogP contribution in [0.25, 0.3) is 0 Å². The van der Waals surface area contributed by atoms with Crippen molar-refractivity contribution in [3.05, 3.63) is 65.5 Å². The van der Waals surface area contributed by atoms with Crippen molar-refractivity contribution in [3.8, 4) is 6.07 Å². The Morgan fingerprint density at radius 3 is 2.28 bits per heavy atom. The minimum atomic E-state index is -3.73. The van der Waals surface area contributed by atoms with Gasteiger partial charge in [-0.15, -0.1) is 0 Å². The summed E-state index contributed by atoms with van der Waals surface area (Å²) >= 11 is 0. The molecule has 6 heteroatoms. The zero-order valence-corrected chi connectivity index (χ0v) is 14.8. The highest BCUT2D eigenvalue weighted by Crippen LogP contribution is 2.63. The number of halogens is 1. The highest BCUT2D eigenvalue weighted by Gasteiger charge is 2.72. The fourth-order valence-electron chi connectivity index (χ4n) is 3.45. The van der Waals surface area contributed by atoms with Gasteiger partial charge in [0.25, 0.3) is 0 Å². The zero-order chi connectivity index (χ0) is 18.2. The predicted octanol–water partition coefficient (Wildman–Crippen LogP) is 3.23. The number of rotatable bonds is 5. The van der Waals surface area contributed by atoms with Gasteiger partial charge in [0.2, 0.25) is 0 Å². The van der Waals surface area contributed by atoms with Crippen molar-refractivity contribution in [2.45, 2.75) is 23.0 Å². The Morgan fingerprint density at radius 1 is 1.16 bits per heavy atom. The molecule has 0 aromatic heterocycles. The maximum Gasteiger partial charge on any atom is 0.183 e. The number of sulfone groups is 1. The summed E-state index contributed by atoms with van der Waals surface area (Å²) in [5, 5.41) is 8.81. The highest BCUT2D eigenvalue weighted by atomic mass is 32.2. The lowest BCUT2D eigenvalue weighted by Crippen LogP contribution is -2.19. The zero-order valence-electron chi connectivity index (χ0n) is 13.9. The average molecular weight is 359 g/mol. The first-order valence-electron chi connectivity index (χ1n) is 7.83. The van der Waals surface area contributed by atoms with Crippen LogP contribution in [0, 0.1) is 29.5 Å². The third-order valence-corrected chi connectivity index (χ3v) is 7.05. The summed E-state index contributed by atoms with van der Waals surface area (Å²) in [6.07, 6.45) is 0. The molecule has 0 aliphatic heterocycles. The van der Waals surface area contributed by atoms with Gasteiger partial charge in [0, 0.05) is 13.0 Å². The second-order valence-corrected chi connectivity index (χ2v) is 8.46. The molecule has 4 nitrogen and oxygen atoms in total. The Hall–Kier alpha value is -2.23. The molecule has 25 heavy (non-hydrogen) atoms. The van der Waals surface area contributed by atoms with Crippen LogP contribution in [0.2, 0.25) is 0 Å². The molecule has 0 saturated heterocycles. The summed E-state index contributed by atoms with van der Waals surface area (Å²) in [5.41, 5.74) is 0.407. The van der Waals surface area contributed by atoms with E-state index in [-0.39, 0.29) is 11.5 Å². The van der Waals surface area contributed by atoms with E-state index < -0.39 is 32.2 Å². The van der Waals surface area contributed by atoms with E-state index in [4.69, 9.17) is 4.74 Å². The first-order valence-corrected chi connectivity index (χ1v) is 9.37. The lowest BCUT2D eigenvalue weighted by Gasteiger charge is -2.08. The fraction of sp³-hybridized carbons (Fsp3) is 0.316. The second kappa shape index (κ2) is 6.25. The van der Waals surface area contributed by atoms with E-state index in [9.17, 15) is 18.1 Å². The Morgan fingerprint density at radius 2 is 1.76 bits per heavy atom. The molecule has 0 amide bonds. The molecular weight excluding hydrogens is 341 g/mol. The lowest BCUT2D eigenvalue weighted by molar-refractivity contribution is 0.162. The van der Waals surface area contributed by atoms with Gasteiger partial charge in [-0.1, -0.05) is 29.8 Å². The van der Waals surface area contributed by atoms with Crippen LogP contribution in [0.5, 0.6) is 0 Å². The maximum absolute atomic E-state index is 13.2. The Labute approximate surface area is 146 Å². The molecule has 0 heterocycles. The number of ether oxygens (including phenoxy) is 1. The molecule has 3 atom stereocenters. The maximum atomic E-state index is 13.2. The first kappa shape index (κ1) is 17.6. The van der Waals surface area contributed by atoms with Crippen molar-refractivity contribution in [2.75, 3.05) is 13.7 Å². The van der Waals surface area contributed by atoms with E-state index in [1.165, 1.54) is 31.4 Å². The van der Waals surface area contributed by atoms with Crippen molar-refractivity contribution in [1.29, 1.82) is 5.26 Å². The van der Waals surface area contributed by atoms with Crippen LogP contribution in [-0.2, 0) is 14.6 Å². The Kier molecular flexibility index (Phi) is 4.40. The molecule has 1 aliphatic rings. The molecule has 0 radical (unpaired) electrons. The van der Waals surface area contributed by atoms with Crippen LogP contribution < -0.4 is 0 Å². The molecule has 0 bridgehead atoms. The van der Waals surface area contributed by atoms with Gasteiger partial charge in [-0.3, -0.25) is 0 Å². The smallest absolute Gasteiger partial charge is 0.183 e. The molecule has 0 N–H and O–H groups in total. The predicted molar refractivity (Wildman–Crippen MR) is 91.2 cm³/mol. The molecule has 2 aromatic rings. The van der Waals surface area contributed by atoms with Gasteiger partial charge in [0.1, 0.15) is 11.2 Å². The molecule has 3 rings (SSSR count). The van der Waals surface area contributed by atoms with Crippen molar-refractivity contribution in [1.82, 2.24) is 0 Å². The summed E-state index contributed by atoms with van der Waals surface area (Å²) in [7, 11) is -2.29. The van der Waals surface area contributed by atoms with E-state index in [2.05, 4.69) is 6.07 Å². The SMILES string of the molecule is COC[C@]1(C#N)[C@H](c2ccc(F)cc2)[C@@H]1S(=O)(=O)c1ccc(C)cc1. The number of aryl methyl sites for hydroxylation is 1. The van der Waals surface area contributed by atoms with Gasteiger partial charge in [0.05, 0.1) is 22.8 Å². The molecule has 1 aliphatic carbocycles. The molecular formula is C19H18FNO3S. The molecule has 0 unspecified atom stereocenters. The van der Waals surface area contributed by atoms with E-state index in [1.54, 1.807) is 24.3 Å². The van der Waals surface area contributed by atoms with Gasteiger partial charge < -0.3 is 4.74 Å². The highest BCUT2D eigenvalue weighted by molar-refractivity contribution is 7.92. The van der Waals surface area contributed by atoms with Gasteiger partial charge in [-0.25, -0.2) is 12.8 Å². The first-order chi connectivity index (χ1) is 11.9. The van der Waals surface area contributed by atoms with E-state index in [1.807, 2.05) is 6.92 Å². The van der Waals surface area contributed by atoms with Gasteiger partial charge in [-0.05, 0) is 36.8 Å². The molecule has 0 spiro atoms. The summed E-state index contributed by atoms with van der Waals surface area (Å²) in [6.45, 7) is 1.88. The van der Waals surface area contributed by atoms with Gasteiger partial charge in [0.15, 0.2) is 9.84 Å². The van der Waals surface area contributed by atoms with Crippen LogP contribution in [0.1, 0.15) is 17.0 Å². The summed E-state index contributed by atoms with van der Waals surface area (Å²) in [6, 6.07) is 14.3. The number of benzene rings is 2. The number of nitriles is 1. The number of hydrogen-bond donors (Lipinski definition) is 0. The summed E-state index contributed by atoms with van der Waals surface area (Å²) in [5.74, 6) is -0.957. The fourth-order valence-corrected chi connectivity index (χ4v) is 5.76. The number of nitrogens with zero attached hydrogens (tertiary/aromatic N) is 1. The van der Waals surface area contributed by atoms with Crippen molar-refractivity contribution in [2.24, 2.45) is 5.41 Å². The average Bonchev–Trinajstić information content (AvgIpc) is 3.26. The van der Waals surface area contributed by atoms with Crippen LogP contribution in [0.15, 0.2) is 53.4 Å². The van der Waals surface area contributed by atoms with Crippen LogP contribution in [-0.4, -0.2) is 27.4 Å². The van der Waals surface area contributed by atoms with Crippen molar-refractivity contribution < 1.29 is 17.5 Å². The van der Waals surface area contributed by atoms with Gasteiger partial charge >= 0.3 is 0 Å². The van der Waals surface area contributed by atoms with Crippen molar-refractivity contribution >= 4 is 9.84 Å². The second-order valence-electron chi connectivity index (χ2n) is 6.39. The molecule has 130 valence electrons. The number of methoxy groups -OCH3 is 1. The normalized spacial score (nSPS) is 25.4. The molecule has 2 aromatic carbocycles. The minimum Gasteiger partial charge on any atom is -0.383 e. The summed E-state index contributed by atoms with van der Waals surface area (Å²) < 4.78 is 44.6. The quantitative estimate of drug-likeness (QED) is 0.822. The third-order valence-electron chi connectivity index (χ3n) is 4.76. The standard InChI is InChI=1S/C19H18FNO3S/c1-13-3-9-16(10-4-13)25(22,23)18-17(19(18,11-21)12-24-2)14-5-7-15(20)8-6-14/h3-10,17-18H,12H2,1-2H3/t17-,18+,19-/m1/s1. The molecule has 1 saturated carbocycles. The molecule has 1 fully saturated rings. The largest absolute Gasteiger partial charge is 0.383 e. The monoisotopic (exact) mass is 359 g/mol. The third kappa shape index (κ3) is 2.84. The topological polar surface area (TPSA) is 67.2 Å². The number of hydrogen-bond acceptors (Lipinski definition) is 4. The van der Waals surface area contributed by atoms with Gasteiger partial charge in [-0.2, -0.15) is 5.26 Å².